The fourth-order valence-electron chi connectivity index (χ4n) is 1.50. The van der Waals surface area contributed by atoms with Gasteiger partial charge in [0.25, 0.3) is 0 Å². The third-order valence-corrected chi connectivity index (χ3v) is 3.88. The maximum absolute atomic E-state index is 5.55. The van der Waals surface area contributed by atoms with Crippen LogP contribution in [0.15, 0.2) is 34.8 Å². The molecule has 0 N–H and O–H groups in total. The van der Waals surface area contributed by atoms with Crippen LogP contribution in [0.1, 0.15) is 0 Å². The van der Waals surface area contributed by atoms with Crippen LogP contribution in [0.3, 0.4) is 0 Å². The Morgan fingerprint density at radius 3 is 2.81 bits per heavy atom. The quantitative estimate of drug-likeness (QED) is 0.576. The van der Waals surface area contributed by atoms with E-state index in [1.165, 1.54) is 10.8 Å². The summed E-state index contributed by atoms with van der Waals surface area (Å²) in [5, 5.41) is 2.39. The molecule has 4 heteroatoms. The third kappa shape index (κ3) is 2.33. The van der Waals surface area contributed by atoms with Gasteiger partial charge in [-0.05, 0) is 55.4 Å². The van der Waals surface area contributed by atoms with Gasteiger partial charge in [-0.1, -0.05) is 24.3 Å². The SMILES string of the molecule is COCOc1c(Br)cc2ccccc2c1I. The zero-order chi connectivity index (χ0) is 11.5. The zero-order valence-corrected chi connectivity index (χ0v) is 12.4. The van der Waals surface area contributed by atoms with Crippen LogP contribution in [0.2, 0.25) is 0 Å². The van der Waals surface area contributed by atoms with Crippen molar-refractivity contribution in [2.45, 2.75) is 0 Å². The Bertz CT molecular complexity index is 514. The summed E-state index contributed by atoms with van der Waals surface area (Å²) < 4.78 is 12.5. The highest BCUT2D eigenvalue weighted by atomic mass is 127. The molecule has 0 amide bonds. The minimum absolute atomic E-state index is 0.257. The Hall–Kier alpha value is -0.330. The van der Waals surface area contributed by atoms with E-state index >= 15 is 0 Å². The largest absolute Gasteiger partial charge is 0.465 e. The summed E-state index contributed by atoms with van der Waals surface area (Å²) in [6.07, 6.45) is 0. The molecule has 0 heterocycles. The number of methoxy groups -OCH3 is 1. The average Bonchev–Trinajstić information content (AvgIpc) is 2.29. The van der Waals surface area contributed by atoms with Gasteiger partial charge >= 0.3 is 0 Å². The summed E-state index contributed by atoms with van der Waals surface area (Å²) in [6.45, 7) is 0.257. The summed E-state index contributed by atoms with van der Waals surface area (Å²) in [4.78, 5) is 0. The Balaban J connectivity index is 2.56. The molecule has 0 radical (unpaired) electrons. The lowest BCUT2D eigenvalue weighted by molar-refractivity contribution is 0.0501. The summed E-state index contributed by atoms with van der Waals surface area (Å²) in [5.74, 6) is 0.834. The predicted molar refractivity (Wildman–Crippen MR) is 76.9 cm³/mol. The van der Waals surface area contributed by atoms with Gasteiger partial charge in [0.05, 0.1) is 8.04 Å². The second-order valence-corrected chi connectivity index (χ2v) is 5.21. The van der Waals surface area contributed by atoms with Crippen molar-refractivity contribution >= 4 is 49.3 Å². The molecule has 2 aromatic carbocycles. The second kappa shape index (κ2) is 5.33. The molecule has 0 aliphatic heterocycles. The molecule has 0 saturated heterocycles. The average molecular weight is 393 g/mol. The molecule has 16 heavy (non-hydrogen) atoms. The lowest BCUT2D eigenvalue weighted by Crippen LogP contribution is -2.01. The Labute approximate surface area is 116 Å². The molecule has 0 atom stereocenters. The van der Waals surface area contributed by atoms with Crippen molar-refractivity contribution < 1.29 is 9.47 Å². The van der Waals surface area contributed by atoms with Gasteiger partial charge in [-0.2, -0.15) is 0 Å². The van der Waals surface area contributed by atoms with Crippen molar-refractivity contribution in [3.8, 4) is 5.75 Å². The van der Waals surface area contributed by atoms with Crippen molar-refractivity contribution in [3.05, 3.63) is 38.4 Å². The minimum Gasteiger partial charge on any atom is -0.465 e. The number of hydrogen-bond donors (Lipinski definition) is 0. The van der Waals surface area contributed by atoms with Crippen LogP contribution in [0.25, 0.3) is 10.8 Å². The first kappa shape index (κ1) is 12.1. The molecule has 0 spiro atoms. The van der Waals surface area contributed by atoms with E-state index in [1.54, 1.807) is 7.11 Å². The molecular weight excluding hydrogens is 383 g/mol. The molecular formula is C12H10BrIO2. The van der Waals surface area contributed by atoms with E-state index in [-0.39, 0.29) is 6.79 Å². The van der Waals surface area contributed by atoms with Crippen molar-refractivity contribution in [1.29, 1.82) is 0 Å². The predicted octanol–water partition coefficient (Wildman–Crippen LogP) is 4.19. The Morgan fingerprint density at radius 2 is 2.06 bits per heavy atom. The van der Waals surface area contributed by atoms with E-state index in [4.69, 9.17) is 9.47 Å². The summed E-state index contributed by atoms with van der Waals surface area (Å²) >= 11 is 5.81. The van der Waals surface area contributed by atoms with E-state index in [9.17, 15) is 0 Å². The molecule has 0 aromatic heterocycles. The first-order valence-corrected chi connectivity index (χ1v) is 6.59. The summed E-state index contributed by atoms with van der Waals surface area (Å²) in [7, 11) is 1.61. The van der Waals surface area contributed by atoms with Crippen molar-refractivity contribution in [1.82, 2.24) is 0 Å². The maximum Gasteiger partial charge on any atom is 0.188 e. The highest BCUT2D eigenvalue weighted by Crippen LogP contribution is 2.36. The Kier molecular flexibility index (Phi) is 4.05. The van der Waals surface area contributed by atoms with Crippen LogP contribution < -0.4 is 4.74 Å². The van der Waals surface area contributed by atoms with Gasteiger partial charge in [-0.3, -0.25) is 0 Å². The van der Waals surface area contributed by atoms with Crippen LogP contribution in [-0.4, -0.2) is 13.9 Å². The molecule has 0 aliphatic rings. The number of halogens is 2. The first-order valence-electron chi connectivity index (χ1n) is 4.72. The van der Waals surface area contributed by atoms with Crippen LogP contribution in [0, 0.1) is 3.57 Å². The standard InChI is InChI=1S/C12H10BrIO2/c1-15-7-16-12-10(13)6-8-4-2-3-5-9(8)11(12)14/h2-6H,7H2,1H3. The molecule has 2 aromatic rings. The van der Waals surface area contributed by atoms with Gasteiger partial charge in [-0.25, -0.2) is 0 Å². The lowest BCUT2D eigenvalue weighted by atomic mass is 10.1. The van der Waals surface area contributed by atoms with Crippen LogP contribution in [-0.2, 0) is 4.74 Å². The van der Waals surface area contributed by atoms with Crippen molar-refractivity contribution in [2.24, 2.45) is 0 Å². The Morgan fingerprint density at radius 1 is 1.31 bits per heavy atom. The first-order chi connectivity index (χ1) is 7.74. The molecule has 0 aliphatic carbocycles. The number of benzene rings is 2. The number of fused-ring (bicyclic) bond motifs is 1. The van der Waals surface area contributed by atoms with E-state index < -0.39 is 0 Å². The normalized spacial score (nSPS) is 10.7. The number of rotatable bonds is 3. The van der Waals surface area contributed by atoms with Gasteiger partial charge in [0.2, 0.25) is 0 Å². The molecule has 0 saturated carbocycles. The summed E-state index contributed by atoms with van der Waals surface area (Å²) in [5.41, 5.74) is 0. The van der Waals surface area contributed by atoms with E-state index in [2.05, 4.69) is 56.7 Å². The van der Waals surface area contributed by atoms with E-state index in [1.807, 2.05) is 12.1 Å². The molecule has 84 valence electrons. The van der Waals surface area contributed by atoms with Gasteiger partial charge in [0, 0.05) is 7.11 Å². The highest BCUT2D eigenvalue weighted by Gasteiger charge is 2.10. The highest BCUT2D eigenvalue weighted by molar-refractivity contribution is 14.1. The van der Waals surface area contributed by atoms with Gasteiger partial charge in [0.1, 0.15) is 0 Å². The van der Waals surface area contributed by atoms with Gasteiger partial charge < -0.3 is 9.47 Å². The van der Waals surface area contributed by atoms with Crippen LogP contribution >= 0.6 is 38.5 Å². The third-order valence-electron chi connectivity index (χ3n) is 2.22. The van der Waals surface area contributed by atoms with Crippen LogP contribution in [0.5, 0.6) is 5.75 Å². The van der Waals surface area contributed by atoms with Crippen molar-refractivity contribution in [2.75, 3.05) is 13.9 Å². The maximum atomic E-state index is 5.55. The fraction of sp³-hybridized carbons (Fsp3) is 0.167. The molecule has 0 bridgehead atoms. The lowest BCUT2D eigenvalue weighted by Gasteiger charge is -2.11. The molecule has 0 unspecified atom stereocenters. The van der Waals surface area contributed by atoms with Crippen molar-refractivity contribution in [3.63, 3.8) is 0 Å². The van der Waals surface area contributed by atoms with Gasteiger partial charge in [0.15, 0.2) is 12.5 Å². The second-order valence-electron chi connectivity index (χ2n) is 3.27. The summed E-state index contributed by atoms with van der Waals surface area (Å²) in [6, 6.07) is 10.3. The smallest absolute Gasteiger partial charge is 0.188 e. The minimum atomic E-state index is 0.257. The monoisotopic (exact) mass is 392 g/mol. The van der Waals surface area contributed by atoms with E-state index in [0.717, 1.165) is 13.8 Å². The topological polar surface area (TPSA) is 18.5 Å². The number of hydrogen-bond acceptors (Lipinski definition) is 2. The van der Waals surface area contributed by atoms with Crippen LogP contribution in [0.4, 0.5) is 0 Å². The molecule has 2 rings (SSSR count). The van der Waals surface area contributed by atoms with Gasteiger partial charge in [-0.15, -0.1) is 0 Å². The van der Waals surface area contributed by atoms with E-state index in [0.29, 0.717) is 0 Å². The number of ether oxygens (including phenoxy) is 2. The molecule has 0 fully saturated rings. The zero-order valence-electron chi connectivity index (χ0n) is 8.67. The fourth-order valence-corrected chi connectivity index (χ4v) is 3.37. The molecule has 2 nitrogen and oxygen atoms in total.